The molecule has 0 spiro atoms. The summed E-state index contributed by atoms with van der Waals surface area (Å²) in [4.78, 5) is 14.0. The van der Waals surface area contributed by atoms with Crippen LogP contribution in [0.4, 0.5) is 4.39 Å². The summed E-state index contributed by atoms with van der Waals surface area (Å²) in [6, 6.07) is 4.46. The number of methoxy groups -OCH3 is 1. The van der Waals surface area contributed by atoms with Crippen molar-refractivity contribution in [2.45, 2.75) is 25.9 Å². The number of amides is 1. The molecule has 2 rings (SSSR count). The Bertz CT molecular complexity index is 557. The number of carbonyl (C=O) groups excluding carboxylic acids is 1. The molecule has 1 amide bonds. The Hall–Kier alpha value is -1.88. The highest BCUT2D eigenvalue weighted by atomic mass is 19.1. The zero-order valence-corrected chi connectivity index (χ0v) is 13.0. The minimum Gasteiger partial charge on any atom is -0.494 e. The van der Waals surface area contributed by atoms with Crippen molar-refractivity contribution in [3.8, 4) is 5.75 Å². The average molecular weight is 307 g/mol. The van der Waals surface area contributed by atoms with Crippen LogP contribution in [0.15, 0.2) is 24.3 Å². The lowest BCUT2D eigenvalue weighted by Crippen LogP contribution is -2.42. The van der Waals surface area contributed by atoms with Gasteiger partial charge in [-0.1, -0.05) is 6.07 Å². The molecule has 22 heavy (non-hydrogen) atoms. The van der Waals surface area contributed by atoms with E-state index in [0.29, 0.717) is 18.7 Å². The third-order valence-electron chi connectivity index (χ3n) is 4.05. The molecule has 0 radical (unpaired) electrons. The molecule has 1 heterocycles. The van der Waals surface area contributed by atoms with E-state index in [-0.39, 0.29) is 17.6 Å². The SMILES string of the molecule is COc1cc(/C=C/C(=O)N2CCCC(C(C)O)C2)ccc1F. The molecule has 2 unspecified atom stereocenters. The molecule has 4 nitrogen and oxygen atoms in total. The topological polar surface area (TPSA) is 49.8 Å². The average Bonchev–Trinajstić information content (AvgIpc) is 2.53. The van der Waals surface area contributed by atoms with Gasteiger partial charge in [0.1, 0.15) is 0 Å². The number of ether oxygens (including phenoxy) is 1. The number of halogens is 1. The Morgan fingerprint density at radius 1 is 1.55 bits per heavy atom. The first-order chi connectivity index (χ1) is 10.5. The van der Waals surface area contributed by atoms with E-state index in [1.165, 1.54) is 19.3 Å². The van der Waals surface area contributed by atoms with Crippen LogP contribution in [-0.4, -0.2) is 42.2 Å². The second kappa shape index (κ2) is 7.40. The highest BCUT2D eigenvalue weighted by Gasteiger charge is 2.25. The summed E-state index contributed by atoms with van der Waals surface area (Å²) in [6.45, 7) is 3.05. The van der Waals surface area contributed by atoms with Gasteiger partial charge in [0.05, 0.1) is 13.2 Å². The van der Waals surface area contributed by atoms with Crippen LogP contribution in [0, 0.1) is 11.7 Å². The zero-order chi connectivity index (χ0) is 16.1. The van der Waals surface area contributed by atoms with Gasteiger partial charge in [-0.25, -0.2) is 4.39 Å². The lowest BCUT2D eigenvalue weighted by atomic mass is 9.93. The molecular formula is C17H22FNO3. The third kappa shape index (κ3) is 4.07. The van der Waals surface area contributed by atoms with Crippen molar-refractivity contribution in [1.82, 2.24) is 4.90 Å². The first kappa shape index (κ1) is 16.5. The van der Waals surface area contributed by atoms with Crippen LogP contribution in [0.5, 0.6) is 5.75 Å². The molecule has 1 aliphatic heterocycles. The predicted octanol–water partition coefficient (Wildman–Crippen LogP) is 2.47. The highest BCUT2D eigenvalue weighted by molar-refractivity contribution is 5.91. The fourth-order valence-corrected chi connectivity index (χ4v) is 2.66. The molecule has 2 atom stereocenters. The van der Waals surface area contributed by atoms with Crippen LogP contribution in [0.1, 0.15) is 25.3 Å². The van der Waals surface area contributed by atoms with Crippen molar-refractivity contribution in [2.24, 2.45) is 5.92 Å². The van der Waals surface area contributed by atoms with Gasteiger partial charge < -0.3 is 14.7 Å². The molecule has 1 aromatic carbocycles. The summed E-state index contributed by atoms with van der Waals surface area (Å²) in [5, 5.41) is 9.66. The second-order valence-electron chi connectivity index (χ2n) is 5.65. The predicted molar refractivity (Wildman–Crippen MR) is 83.0 cm³/mol. The normalized spacial score (nSPS) is 20.2. The van der Waals surface area contributed by atoms with Gasteiger partial charge in [-0.3, -0.25) is 4.79 Å². The van der Waals surface area contributed by atoms with E-state index in [1.807, 2.05) is 0 Å². The summed E-state index contributed by atoms with van der Waals surface area (Å²) in [6.07, 6.45) is 4.58. The Morgan fingerprint density at radius 2 is 2.32 bits per heavy atom. The summed E-state index contributed by atoms with van der Waals surface area (Å²) >= 11 is 0. The maximum Gasteiger partial charge on any atom is 0.246 e. The Labute approximate surface area is 130 Å². The Balaban J connectivity index is 2.02. The minimum absolute atomic E-state index is 0.0892. The summed E-state index contributed by atoms with van der Waals surface area (Å²) in [5.41, 5.74) is 0.704. The molecule has 0 saturated carbocycles. The monoisotopic (exact) mass is 307 g/mol. The quantitative estimate of drug-likeness (QED) is 0.869. The van der Waals surface area contributed by atoms with Gasteiger partial charge in [-0.05, 0) is 43.5 Å². The summed E-state index contributed by atoms with van der Waals surface area (Å²) in [5.74, 6) is -0.228. The number of aliphatic hydroxyl groups is 1. The van der Waals surface area contributed by atoms with Crippen molar-refractivity contribution in [3.05, 3.63) is 35.7 Å². The number of hydrogen-bond acceptors (Lipinski definition) is 3. The van der Waals surface area contributed by atoms with Crippen molar-refractivity contribution >= 4 is 12.0 Å². The molecule has 0 aliphatic carbocycles. The van der Waals surface area contributed by atoms with Crippen LogP contribution in [0.3, 0.4) is 0 Å². The number of rotatable bonds is 4. The van der Waals surface area contributed by atoms with E-state index >= 15 is 0 Å². The van der Waals surface area contributed by atoms with Gasteiger partial charge in [0.15, 0.2) is 11.6 Å². The zero-order valence-electron chi connectivity index (χ0n) is 13.0. The van der Waals surface area contributed by atoms with Crippen LogP contribution in [0.2, 0.25) is 0 Å². The number of benzene rings is 1. The van der Waals surface area contributed by atoms with Gasteiger partial charge in [0.25, 0.3) is 0 Å². The lowest BCUT2D eigenvalue weighted by molar-refractivity contribution is -0.128. The number of carbonyl (C=O) groups is 1. The summed E-state index contributed by atoms with van der Waals surface area (Å²) < 4.78 is 18.2. The molecule has 1 N–H and O–H groups in total. The minimum atomic E-state index is -0.429. The van der Waals surface area contributed by atoms with E-state index < -0.39 is 11.9 Å². The van der Waals surface area contributed by atoms with Gasteiger partial charge in [0, 0.05) is 25.1 Å². The first-order valence-electron chi connectivity index (χ1n) is 7.50. The van der Waals surface area contributed by atoms with Crippen molar-refractivity contribution in [3.63, 3.8) is 0 Å². The largest absolute Gasteiger partial charge is 0.494 e. The fourth-order valence-electron chi connectivity index (χ4n) is 2.66. The number of likely N-dealkylation sites (tertiary alicyclic amines) is 1. The van der Waals surface area contributed by atoms with Crippen molar-refractivity contribution < 1.29 is 19.0 Å². The second-order valence-corrected chi connectivity index (χ2v) is 5.65. The van der Waals surface area contributed by atoms with Crippen LogP contribution in [0.25, 0.3) is 6.08 Å². The van der Waals surface area contributed by atoms with Crippen molar-refractivity contribution in [1.29, 1.82) is 0 Å². The maximum atomic E-state index is 13.3. The summed E-state index contributed by atoms with van der Waals surface area (Å²) in [7, 11) is 1.40. The van der Waals surface area contributed by atoms with Gasteiger partial charge in [0.2, 0.25) is 5.91 Å². The van der Waals surface area contributed by atoms with E-state index in [1.54, 1.807) is 30.0 Å². The molecule has 0 aromatic heterocycles. The molecule has 120 valence electrons. The lowest BCUT2D eigenvalue weighted by Gasteiger charge is -2.33. The van der Waals surface area contributed by atoms with E-state index in [9.17, 15) is 14.3 Å². The first-order valence-corrected chi connectivity index (χ1v) is 7.50. The van der Waals surface area contributed by atoms with Gasteiger partial charge in [-0.15, -0.1) is 0 Å². The number of piperidine rings is 1. The Morgan fingerprint density at radius 3 is 3.00 bits per heavy atom. The van der Waals surface area contributed by atoms with E-state index in [2.05, 4.69) is 0 Å². The molecule has 0 bridgehead atoms. The van der Waals surface area contributed by atoms with Crippen LogP contribution >= 0.6 is 0 Å². The number of nitrogens with zero attached hydrogens (tertiary/aromatic N) is 1. The Kier molecular flexibility index (Phi) is 5.55. The van der Waals surface area contributed by atoms with Crippen LogP contribution in [-0.2, 0) is 4.79 Å². The molecule has 1 saturated heterocycles. The van der Waals surface area contributed by atoms with Gasteiger partial charge in [-0.2, -0.15) is 0 Å². The van der Waals surface area contributed by atoms with Gasteiger partial charge >= 0.3 is 0 Å². The molecule has 5 heteroatoms. The molecular weight excluding hydrogens is 285 g/mol. The van der Waals surface area contributed by atoms with Crippen LogP contribution < -0.4 is 4.74 Å². The maximum absolute atomic E-state index is 13.3. The molecule has 1 fully saturated rings. The fraction of sp³-hybridized carbons (Fsp3) is 0.471. The molecule has 1 aromatic rings. The smallest absolute Gasteiger partial charge is 0.246 e. The standard InChI is InChI=1S/C17H22FNO3/c1-12(20)14-4-3-9-19(11-14)17(21)8-6-13-5-7-15(18)16(10-13)22-2/h5-8,10,12,14,20H,3-4,9,11H2,1-2H3/b8-6+. The van der Waals surface area contributed by atoms with E-state index in [0.717, 1.165) is 12.8 Å². The highest BCUT2D eigenvalue weighted by Crippen LogP contribution is 2.21. The number of aliphatic hydroxyl groups excluding tert-OH is 1. The van der Waals surface area contributed by atoms with E-state index in [4.69, 9.17) is 4.74 Å². The third-order valence-corrected chi connectivity index (χ3v) is 4.05. The number of hydrogen-bond donors (Lipinski definition) is 1. The molecule has 1 aliphatic rings. The van der Waals surface area contributed by atoms with Crippen molar-refractivity contribution in [2.75, 3.05) is 20.2 Å².